The smallest absolute Gasteiger partial charge is 0.306 e. The molecule has 0 aliphatic heterocycles. The maximum Gasteiger partial charge on any atom is 0.306 e. The fourth-order valence-corrected chi connectivity index (χ4v) is 9.24. The van der Waals surface area contributed by atoms with E-state index in [9.17, 15) is 14.4 Å². The molecule has 0 aromatic heterocycles. The molecule has 6 nitrogen and oxygen atoms in total. The van der Waals surface area contributed by atoms with Crippen LogP contribution in [0.25, 0.3) is 0 Å². The van der Waals surface area contributed by atoms with E-state index in [0.717, 1.165) is 128 Å². The van der Waals surface area contributed by atoms with Crippen LogP contribution in [0.5, 0.6) is 0 Å². The van der Waals surface area contributed by atoms with Crippen LogP contribution >= 0.6 is 0 Å². The third kappa shape index (κ3) is 64.8. The van der Waals surface area contributed by atoms with Crippen molar-refractivity contribution in [2.45, 2.75) is 322 Å². The van der Waals surface area contributed by atoms with Crippen molar-refractivity contribution in [2.24, 2.45) is 0 Å². The predicted molar refractivity (Wildman–Crippen MR) is 343 cm³/mol. The number of carbonyl (C=O) groups is 3. The van der Waals surface area contributed by atoms with Gasteiger partial charge in [0.2, 0.25) is 0 Å². The molecule has 0 aromatic carbocycles. The van der Waals surface area contributed by atoms with Crippen LogP contribution in [0.1, 0.15) is 316 Å². The van der Waals surface area contributed by atoms with Crippen LogP contribution in [0.4, 0.5) is 0 Å². The first-order valence-electron chi connectivity index (χ1n) is 33.4. The second-order valence-electron chi connectivity index (χ2n) is 22.0. The molecule has 0 radical (unpaired) electrons. The van der Waals surface area contributed by atoms with Gasteiger partial charge >= 0.3 is 17.9 Å². The molecule has 1 atom stereocenters. The SMILES string of the molecule is CC/C=C\C/C=C\C/C=C\C/C=C\C/C=C\C/C=C\CCCCCCCCCCCCCCC(=O)OCC(COC(=O)CCCCCCC/C=C\CCCCCCC)OC(=O)CCCCCCC/C=C\C/C=C\CCCCCC. The number of carbonyl (C=O) groups excluding carboxylic acids is 3. The predicted octanol–water partition coefficient (Wildman–Crippen LogP) is 23.0. The highest BCUT2D eigenvalue weighted by Crippen LogP contribution is 2.16. The topological polar surface area (TPSA) is 78.9 Å². The fourth-order valence-electron chi connectivity index (χ4n) is 9.24. The molecule has 0 N–H and O–H groups in total. The number of esters is 3. The minimum absolute atomic E-state index is 0.0864. The van der Waals surface area contributed by atoms with E-state index < -0.39 is 6.10 Å². The van der Waals surface area contributed by atoms with Gasteiger partial charge in [-0.05, 0) is 128 Å². The Morgan fingerprint density at radius 1 is 0.266 bits per heavy atom. The Bertz CT molecular complexity index is 1590. The van der Waals surface area contributed by atoms with Crippen molar-refractivity contribution in [1.82, 2.24) is 0 Å². The van der Waals surface area contributed by atoms with E-state index in [1.165, 1.54) is 148 Å². The number of hydrogen-bond donors (Lipinski definition) is 0. The molecule has 0 bridgehead atoms. The van der Waals surface area contributed by atoms with E-state index >= 15 is 0 Å². The molecule has 1 unspecified atom stereocenters. The highest BCUT2D eigenvalue weighted by molar-refractivity contribution is 5.71. The Morgan fingerprint density at radius 2 is 0.494 bits per heavy atom. The molecule has 0 saturated carbocycles. The van der Waals surface area contributed by atoms with Gasteiger partial charge in [-0.2, -0.15) is 0 Å². The van der Waals surface area contributed by atoms with Gasteiger partial charge in [-0.25, -0.2) is 0 Å². The maximum atomic E-state index is 12.9. The first-order chi connectivity index (χ1) is 39.0. The summed E-state index contributed by atoms with van der Waals surface area (Å²) in [6, 6.07) is 0. The van der Waals surface area contributed by atoms with Crippen molar-refractivity contribution in [3.63, 3.8) is 0 Å². The van der Waals surface area contributed by atoms with Crippen molar-refractivity contribution >= 4 is 17.9 Å². The molecule has 0 spiro atoms. The fraction of sp³-hybridized carbons (Fsp3) is 0.712. The van der Waals surface area contributed by atoms with Crippen LogP contribution < -0.4 is 0 Å². The van der Waals surface area contributed by atoms with E-state index in [0.29, 0.717) is 19.3 Å². The van der Waals surface area contributed by atoms with Crippen molar-refractivity contribution in [1.29, 1.82) is 0 Å². The molecule has 6 heteroatoms. The van der Waals surface area contributed by atoms with E-state index in [1.807, 2.05) is 0 Å². The second kappa shape index (κ2) is 66.6. The maximum absolute atomic E-state index is 12.9. The van der Waals surface area contributed by atoms with Gasteiger partial charge < -0.3 is 14.2 Å². The van der Waals surface area contributed by atoms with Gasteiger partial charge in [-0.1, -0.05) is 278 Å². The van der Waals surface area contributed by atoms with Crippen LogP contribution in [0.15, 0.2) is 109 Å². The molecule has 0 amide bonds. The minimum atomic E-state index is -0.791. The van der Waals surface area contributed by atoms with E-state index in [4.69, 9.17) is 14.2 Å². The van der Waals surface area contributed by atoms with Crippen molar-refractivity contribution < 1.29 is 28.6 Å². The summed E-state index contributed by atoms with van der Waals surface area (Å²) >= 11 is 0. The minimum Gasteiger partial charge on any atom is -0.462 e. The van der Waals surface area contributed by atoms with E-state index in [-0.39, 0.29) is 31.1 Å². The Labute approximate surface area is 489 Å². The summed E-state index contributed by atoms with van der Waals surface area (Å²) < 4.78 is 16.9. The Kier molecular flexibility index (Phi) is 63.3. The molecular formula is C73H124O6. The average Bonchev–Trinajstić information content (AvgIpc) is 3.45. The zero-order chi connectivity index (χ0) is 57.1. The number of allylic oxidation sites excluding steroid dienone is 18. The Balaban J connectivity index is 4.27. The molecule has 0 rings (SSSR count). The molecule has 0 aliphatic carbocycles. The van der Waals surface area contributed by atoms with Crippen LogP contribution in [0, 0.1) is 0 Å². The molecule has 0 saturated heterocycles. The molecule has 79 heavy (non-hydrogen) atoms. The zero-order valence-corrected chi connectivity index (χ0v) is 51.9. The number of ether oxygens (including phenoxy) is 3. The van der Waals surface area contributed by atoms with Gasteiger partial charge in [0.15, 0.2) is 6.10 Å². The monoisotopic (exact) mass is 1100 g/mol. The summed E-state index contributed by atoms with van der Waals surface area (Å²) in [7, 11) is 0. The summed E-state index contributed by atoms with van der Waals surface area (Å²) in [4.78, 5) is 38.3. The van der Waals surface area contributed by atoms with Gasteiger partial charge in [0.1, 0.15) is 13.2 Å². The molecular weight excluding hydrogens is 973 g/mol. The largest absolute Gasteiger partial charge is 0.462 e. The van der Waals surface area contributed by atoms with Gasteiger partial charge in [0.25, 0.3) is 0 Å². The highest BCUT2D eigenvalue weighted by Gasteiger charge is 2.19. The Hall–Kier alpha value is -3.93. The molecule has 0 heterocycles. The first-order valence-corrected chi connectivity index (χ1v) is 33.4. The van der Waals surface area contributed by atoms with Crippen LogP contribution in [-0.2, 0) is 28.6 Å². The van der Waals surface area contributed by atoms with Gasteiger partial charge in [-0.15, -0.1) is 0 Å². The van der Waals surface area contributed by atoms with Gasteiger partial charge in [0.05, 0.1) is 0 Å². The number of rotatable bonds is 60. The number of hydrogen-bond acceptors (Lipinski definition) is 6. The molecule has 0 fully saturated rings. The van der Waals surface area contributed by atoms with Crippen molar-refractivity contribution in [3.05, 3.63) is 109 Å². The van der Waals surface area contributed by atoms with E-state index in [2.05, 4.69) is 130 Å². The standard InChI is InChI=1S/C73H124O6/c1-4-7-10-13-16-19-22-25-28-30-31-32-33-34-35-36-37-38-39-40-41-42-43-44-46-48-51-54-57-60-63-66-72(75)78-69-70(68-77-71(74)65-62-59-56-53-50-47-27-24-21-18-15-12-9-6-3)79-73(76)67-64-61-58-55-52-49-45-29-26-23-20-17-14-11-8-5-2/h7,10,16,19-20,23-25,27-29,31-32,34-35,37-38,45,70H,4-6,8-9,11-15,17-18,21-22,26,30,33,36,39-44,46-69H2,1-3H3/b10-7-,19-16-,23-20-,27-24-,28-25-,32-31-,35-34-,38-37-,45-29-. The van der Waals surface area contributed by atoms with E-state index in [1.54, 1.807) is 0 Å². The lowest BCUT2D eigenvalue weighted by Gasteiger charge is -2.18. The van der Waals surface area contributed by atoms with Gasteiger partial charge in [-0.3, -0.25) is 14.4 Å². The second-order valence-corrected chi connectivity index (χ2v) is 22.0. The summed E-state index contributed by atoms with van der Waals surface area (Å²) in [5.41, 5.74) is 0. The van der Waals surface area contributed by atoms with Gasteiger partial charge in [0, 0.05) is 19.3 Å². The highest BCUT2D eigenvalue weighted by atomic mass is 16.6. The van der Waals surface area contributed by atoms with Crippen LogP contribution in [-0.4, -0.2) is 37.2 Å². The lowest BCUT2D eigenvalue weighted by atomic mass is 10.0. The first kappa shape index (κ1) is 75.1. The third-order valence-electron chi connectivity index (χ3n) is 14.2. The molecule has 0 aromatic rings. The average molecular weight is 1100 g/mol. The summed E-state index contributed by atoms with van der Waals surface area (Å²) in [5.74, 6) is -0.901. The van der Waals surface area contributed by atoms with Crippen LogP contribution in [0.3, 0.4) is 0 Å². The van der Waals surface area contributed by atoms with Crippen LogP contribution in [0.2, 0.25) is 0 Å². The van der Waals surface area contributed by atoms with Crippen molar-refractivity contribution in [2.75, 3.05) is 13.2 Å². The lowest BCUT2D eigenvalue weighted by Crippen LogP contribution is -2.30. The van der Waals surface area contributed by atoms with Crippen molar-refractivity contribution in [3.8, 4) is 0 Å². The summed E-state index contributed by atoms with van der Waals surface area (Å²) in [5, 5.41) is 0. The normalized spacial score (nSPS) is 12.8. The zero-order valence-electron chi connectivity index (χ0n) is 51.9. The third-order valence-corrected chi connectivity index (χ3v) is 14.2. The molecule has 452 valence electrons. The lowest BCUT2D eigenvalue weighted by molar-refractivity contribution is -0.167. The summed E-state index contributed by atoms with van der Waals surface area (Å²) in [6.45, 7) is 6.50. The number of unbranched alkanes of at least 4 members (excludes halogenated alkanes) is 31. The molecule has 0 aliphatic rings. The quantitative estimate of drug-likeness (QED) is 0.0261. The Morgan fingerprint density at radius 3 is 0.797 bits per heavy atom. The summed E-state index contributed by atoms with van der Waals surface area (Å²) in [6.07, 6.45) is 91.0.